The van der Waals surface area contributed by atoms with Crippen molar-refractivity contribution in [2.75, 3.05) is 5.32 Å². The Labute approximate surface area is 137 Å². The van der Waals surface area contributed by atoms with Gasteiger partial charge < -0.3 is 11.1 Å². The van der Waals surface area contributed by atoms with Crippen molar-refractivity contribution in [1.82, 2.24) is 0 Å². The number of hydrogen-bond acceptors (Lipinski definition) is 2. The number of hydrogen-bond donors (Lipinski definition) is 2. The summed E-state index contributed by atoms with van der Waals surface area (Å²) in [6.45, 7) is 2.12. The number of halogens is 3. The number of carbonyl (C=O) groups is 1. The van der Waals surface area contributed by atoms with Crippen LogP contribution in [0.15, 0.2) is 16.6 Å². The number of nitrogens with one attached hydrogen (secondary N) is 1. The Balaban J connectivity index is 2.20. The van der Waals surface area contributed by atoms with Crippen LogP contribution in [0.25, 0.3) is 0 Å². The van der Waals surface area contributed by atoms with Crippen LogP contribution in [0.3, 0.4) is 0 Å². The second-order valence-corrected chi connectivity index (χ2v) is 7.29. The van der Waals surface area contributed by atoms with Gasteiger partial charge in [-0.05, 0) is 30.9 Å². The van der Waals surface area contributed by atoms with Crippen LogP contribution in [0.5, 0.6) is 0 Å². The minimum atomic E-state index is -0.836. The summed E-state index contributed by atoms with van der Waals surface area (Å²) in [5.41, 5.74) is 5.85. The van der Waals surface area contributed by atoms with Crippen LogP contribution in [0.1, 0.15) is 32.6 Å². The van der Waals surface area contributed by atoms with Gasteiger partial charge in [-0.1, -0.05) is 58.9 Å². The number of anilines is 1. The van der Waals surface area contributed by atoms with Crippen molar-refractivity contribution in [3.63, 3.8) is 0 Å². The number of nitrogens with two attached hydrogens (primary N) is 1. The van der Waals surface area contributed by atoms with Gasteiger partial charge in [0.25, 0.3) is 0 Å². The number of rotatable bonds is 2. The lowest BCUT2D eigenvalue weighted by molar-refractivity contribution is -0.122. The van der Waals surface area contributed by atoms with E-state index in [4.69, 9.17) is 28.9 Å². The van der Waals surface area contributed by atoms with Crippen molar-refractivity contribution in [3.05, 3.63) is 26.7 Å². The summed E-state index contributed by atoms with van der Waals surface area (Å²) in [6.07, 6.45) is 3.46. The van der Waals surface area contributed by atoms with E-state index in [1.165, 1.54) is 0 Å². The molecule has 1 saturated carbocycles. The van der Waals surface area contributed by atoms with Crippen LogP contribution in [-0.4, -0.2) is 11.4 Å². The maximum Gasteiger partial charge on any atom is 0.244 e. The normalized spacial score (nSPS) is 26.4. The topological polar surface area (TPSA) is 55.1 Å². The molecule has 6 heteroatoms. The van der Waals surface area contributed by atoms with Gasteiger partial charge in [0, 0.05) is 4.47 Å². The number of benzene rings is 1. The molecule has 0 bridgehead atoms. The SMILES string of the molecule is CC1CCCC(N)(C(=O)Nc2c(Cl)cc(Br)cc2Cl)C1. The van der Waals surface area contributed by atoms with E-state index >= 15 is 0 Å². The Bertz CT molecular complexity index is 515. The van der Waals surface area contributed by atoms with Gasteiger partial charge in [-0.2, -0.15) is 0 Å². The van der Waals surface area contributed by atoms with Gasteiger partial charge in [0.2, 0.25) is 5.91 Å². The Kier molecular flexibility index (Phi) is 5.00. The van der Waals surface area contributed by atoms with Gasteiger partial charge in [-0.15, -0.1) is 0 Å². The van der Waals surface area contributed by atoms with E-state index in [0.29, 0.717) is 34.5 Å². The highest BCUT2D eigenvalue weighted by Gasteiger charge is 2.38. The van der Waals surface area contributed by atoms with E-state index in [-0.39, 0.29) is 5.91 Å². The predicted molar refractivity (Wildman–Crippen MR) is 87.3 cm³/mol. The molecule has 1 aliphatic carbocycles. The van der Waals surface area contributed by atoms with Crippen LogP contribution in [0, 0.1) is 5.92 Å². The molecule has 1 amide bonds. The fraction of sp³-hybridized carbons (Fsp3) is 0.500. The number of carbonyl (C=O) groups excluding carboxylic acids is 1. The monoisotopic (exact) mass is 378 g/mol. The fourth-order valence-corrected chi connectivity index (χ4v) is 4.00. The van der Waals surface area contributed by atoms with Crippen LogP contribution in [0.2, 0.25) is 10.0 Å². The fourth-order valence-electron chi connectivity index (χ4n) is 2.70. The molecule has 0 saturated heterocycles. The summed E-state index contributed by atoms with van der Waals surface area (Å²) in [7, 11) is 0. The van der Waals surface area contributed by atoms with E-state index in [1.807, 2.05) is 0 Å². The van der Waals surface area contributed by atoms with Crippen molar-refractivity contribution in [3.8, 4) is 0 Å². The lowest BCUT2D eigenvalue weighted by atomic mass is 9.76. The van der Waals surface area contributed by atoms with Crippen molar-refractivity contribution >= 4 is 50.7 Å². The molecule has 1 aromatic carbocycles. The highest BCUT2D eigenvalue weighted by molar-refractivity contribution is 9.10. The molecule has 3 N–H and O–H groups in total. The summed E-state index contributed by atoms with van der Waals surface area (Å²) < 4.78 is 0.763. The average molecular weight is 380 g/mol. The molecule has 2 unspecified atom stereocenters. The molecule has 0 radical (unpaired) electrons. The molecule has 2 atom stereocenters. The minimum absolute atomic E-state index is 0.213. The van der Waals surface area contributed by atoms with Gasteiger partial charge in [0.1, 0.15) is 0 Å². The third-order valence-electron chi connectivity index (χ3n) is 3.73. The molecule has 1 fully saturated rings. The summed E-state index contributed by atoms with van der Waals surface area (Å²) in [6, 6.07) is 3.38. The molecule has 20 heavy (non-hydrogen) atoms. The predicted octanol–water partition coefficient (Wildman–Crippen LogP) is 4.60. The first-order chi connectivity index (χ1) is 9.32. The van der Waals surface area contributed by atoms with Crippen LogP contribution in [-0.2, 0) is 4.79 Å². The molecule has 110 valence electrons. The Hall–Kier alpha value is -0.290. The summed E-state index contributed by atoms with van der Waals surface area (Å²) in [5.74, 6) is 0.241. The summed E-state index contributed by atoms with van der Waals surface area (Å²) in [5, 5.41) is 3.58. The summed E-state index contributed by atoms with van der Waals surface area (Å²) in [4.78, 5) is 12.5. The van der Waals surface area contributed by atoms with Gasteiger partial charge in [0.05, 0.1) is 21.3 Å². The van der Waals surface area contributed by atoms with Gasteiger partial charge >= 0.3 is 0 Å². The van der Waals surface area contributed by atoms with Crippen LogP contribution < -0.4 is 11.1 Å². The van der Waals surface area contributed by atoms with Crippen molar-refractivity contribution < 1.29 is 4.79 Å². The zero-order chi connectivity index (χ0) is 14.9. The van der Waals surface area contributed by atoms with E-state index in [0.717, 1.165) is 17.3 Å². The van der Waals surface area contributed by atoms with E-state index in [2.05, 4.69) is 28.2 Å². The molecule has 0 aliphatic heterocycles. The Morgan fingerprint density at radius 1 is 1.45 bits per heavy atom. The smallest absolute Gasteiger partial charge is 0.244 e. The van der Waals surface area contributed by atoms with E-state index in [1.54, 1.807) is 12.1 Å². The first kappa shape index (κ1) is 16.1. The molecule has 1 aromatic rings. The van der Waals surface area contributed by atoms with Gasteiger partial charge in [-0.25, -0.2) is 0 Å². The molecule has 0 spiro atoms. The quantitative estimate of drug-likeness (QED) is 0.788. The highest BCUT2D eigenvalue weighted by Crippen LogP contribution is 2.36. The minimum Gasteiger partial charge on any atom is -0.322 e. The van der Waals surface area contributed by atoms with Crippen molar-refractivity contribution in [2.24, 2.45) is 11.7 Å². The van der Waals surface area contributed by atoms with Gasteiger partial charge in [-0.3, -0.25) is 4.79 Å². The van der Waals surface area contributed by atoms with Crippen molar-refractivity contribution in [1.29, 1.82) is 0 Å². The molecule has 1 aliphatic rings. The van der Waals surface area contributed by atoms with Crippen LogP contribution in [0.4, 0.5) is 5.69 Å². The average Bonchev–Trinajstić information content (AvgIpc) is 2.33. The Morgan fingerprint density at radius 3 is 2.60 bits per heavy atom. The third kappa shape index (κ3) is 3.48. The second-order valence-electron chi connectivity index (χ2n) is 5.56. The maximum atomic E-state index is 12.5. The first-order valence-corrected chi connectivity index (χ1v) is 8.11. The summed E-state index contributed by atoms with van der Waals surface area (Å²) >= 11 is 15.5. The van der Waals surface area contributed by atoms with E-state index < -0.39 is 5.54 Å². The largest absolute Gasteiger partial charge is 0.322 e. The van der Waals surface area contributed by atoms with Crippen LogP contribution >= 0.6 is 39.1 Å². The first-order valence-electron chi connectivity index (χ1n) is 6.57. The molecule has 0 heterocycles. The molecule has 3 nitrogen and oxygen atoms in total. The standard InChI is InChI=1S/C14H17BrCl2N2O/c1-8-3-2-4-14(18,7-8)13(20)19-12-10(16)5-9(15)6-11(12)17/h5-6,8H,2-4,7,18H2,1H3,(H,19,20). The second kappa shape index (κ2) is 6.22. The Morgan fingerprint density at radius 2 is 2.05 bits per heavy atom. The lowest BCUT2D eigenvalue weighted by Crippen LogP contribution is -2.53. The zero-order valence-electron chi connectivity index (χ0n) is 11.2. The molecular weight excluding hydrogens is 363 g/mol. The molecule has 0 aromatic heterocycles. The third-order valence-corrected chi connectivity index (χ3v) is 4.78. The molecular formula is C14H17BrCl2N2O. The van der Waals surface area contributed by atoms with E-state index in [9.17, 15) is 4.79 Å². The maximum absolute atomic E-state index is 12.5. The highest BCUT2D eigenvalue weighted by atomic mass is 79.9. The molecule has 2 rings (SSSR count). The van der Waals surface area contributed by atoms with Gasteiger partial charge in [0.15, 0.2) is 0 Å². The lowest BCUT2D eigenvalue weighted by Gasteiger charge is -2.35. The van der Waals surface area contributed by atoms with Crippen molar-refractivity contribution in [2.45, 2.75) is 38.1 Å². The zero-order valence-corrected chi connectivity index (χ0v) is 14.3. The number of amides is 1.